The van der Waals surface area contributed by atoms with E-state index >= 15 is 0 Å². The summed E-state index contributed by atoms with van der Waals surface area (Å²) in [5, 5.41) is 2.35. The molecule has 41 heavy (non-hydrogen) atoms. The lowest BCUT2D eigenvalue weighted by Crippen LogP contribution is -2.36. The molecule has 9 nitrogen and oxygen atoms in total. The number of nitrogens with zero attached hydrogens (tertiary/aromatic N) is 1. The number of carbonyl (C=O) groups is 2. The van der Waals surface area contributed by atoms with Crippen LogP contribution in [0.1, 0.15) is 60.6 Å². The summed E-state index contributed by atoms with van der Waals surface area (Å²) in [6.45, 7) is 0.212. The highest BCUT2D eigenvalue weighted by Gasteiger charge is 2.31. The van der Waals surface area contributed by atoms with E-state index in [0.29, 0.717) is 18.6 Å². The Kier molecular flexibility index (Phi) is 10.6. The molecule has 1 aliphatic carbocycles. The Morgan fingerprint density at radius 1 is 1.15 bits per heavy atom. The molecule has 1 aromatic heterocycles. The summed E-state index contributed by atoms with van der Waals surface area (Å²) in [5.41, 5.74) is 5.62. The zero-order valence-corrected chi connectivity index (χ0v) is 22.8. The van der Waals surface area contributed by atoms with Gasteiger partial charge in [-0.05, 0) is 56.9 Å². The molecule has 0 saturated heterocycles. The maximum Gasteiger partial charge on any atom is 0.387 e. The second-order valence-corrected chi connectivity index (χ2v) is 9.14. The van der Waals surface area contributed by atoms with Gasteiger partial charge in [-0.3, -0.25) is 4.79 Å². The maximum absolute atomic E-state index is 14.5. The van der Waals surface area contributed by atoms with E-state index in [0.717, 1.165) is 25.0 Å². The van der Waals surface area contributed by atoms with Crippen LogP contribution >= 0.6 is 12.4 Å². The Labute approximate surface area is 238 Å². The highest BCUT2D eigenvalue weighted by Crippen LogP contribution is 2.37. The van der Waals surface area contributed by atoms with Crippen LogP contribution in [0, 0.1) is 17.6 Å². The Balaban J connectivity index is 0.00000462. The summed E-state index contributed by atoms with van der Waals surface area (Å²) in [6, 6.07) is 4.05. The van der Waals surface area contributed by atoms with Gasteiger partial charge >= 0.3 is 12.6 Å². The van der Waals surface area contributed by atoms with E-state index in [1.807, 2.05) is 0 Å². The summed E-state index contributed by atoms with van der Waals surface area (Å²) < 4.78 is 74.8. The molecule has 0 bridgehead atoms. The third-order valence-electron chi connectivity index (χ3n) is 5.93. The molecule has 1 fully saturated rings. The number of nitrogens with two attached hydrogens (primary N) is 1. The molecular formula is C27H28ClF4N3O6. The van der Waals surface area contributed by atoms with Crippen molar-refractivity contribution in [2.75, 3.05) is 13.2 Å². The number of aromatic nitrogens is 1. The fourth-order valence-corrected chi connectivity index (χ4v) is 3.79. The Morgan fingerprint density at radius 2 is 1.88 bits per heavy atom. The summed E-state index contributed by atoms with van der Waals surface area (Å²) in [6.07, 6.45) is 1.94. The Bertz CT molecular complexity index is 1380. The van der Waals surface area contributed by atoms with Crippen LogP contribution in [0.2, 0.25) is 0 Å². The number of hydrogen-bond acceptors (Lipinski definition) is 8. The molecule has 2 unspecified atom stereocenters. The first kappa shape index (κ1) is 31.7. The van der Waals surface area contributed by atoms with Crippen molar-refractivity contribution < 1.29 is 45.8 Å². The molecule has 0 radical (unpaired) electrons. The molecule has 1 saturated carbocycles. The maximum atomic E-state index is 14.5. The van der Waals surface area contributed by atoms with Crippen molar-refractivity contribution in [2.24, 2.45) is 11.7 Å². The SMILES string of the molecule is CCOC(=O)C(NC(=O)c1nc(-c2ccc(OC(F)F)c(OCC3CC3)c2)oc1C(C)N)c1ccc(F)cc1F.Cl. The number of rotatable bonds is 12. The van der Waals surface area contributed by atoms with E-state index in [1.165, 1.54) is 32.0 Å². The standard InChI is InChI=1S/C27H27F4N3O6.ClH/c1-3-37-26(36)21(17-8-7-16(28)11-18(17)29)33-24(35)22-23(13(2)32)40-25(34-22)15-6-9-19(39-27(30)31)20(10-15)38-12-14-4-5-14;/h6-11,13-14,21,27H,3-5,12,32H2,1-2H3,(H,33,35);1H. The molecule has 2 aromatic carbocycles. The minimum absolute atomic E-state index is 0. The number of hydrogen-bond donors (Lipinski definition) is 2. The number of nitrogens with one attached hydrogen (secondary N) is 1. The molecule has 1 amide bonds. The quantitative estimate of drug-likeness (QED) is 0.206. The number of halogens is 5. The van der Waals surface area contributed by atoms with E-state index < -0.39 is 42.2 Å². The van der Waals surface area contributed by atoms with Crippen molar-refractivity contribution in [1.82, 2.24) is 10.3 Å². The van der Waals surface area contributed by atoms with Gasteiger partial charge in [0.15, 0.2) is 29.0 Å². The van der Waals surface area contributed by atoms with E-state index in [4.69, 9.17) is 19.6 Å². The first-order valence-corrected chi connectivity index (χ1v) is 12.5. The number of ether oxygens (including phenoxy) is 3. The largest absolute Gasteiger partial charge is 0.489 e. The van der Waals surface area contributed by atoms with Gasteiger partial charge in [-0.1, -0.05) is 6.07 Å². The molecule has 1 heterocycles. The van der Waals surface area contributed by atoms with Gasteiger partial charge in [0.05, 0.1) is 19.3 Å². The van der Waals surface area contributed by atoms with Gasteiger partial charge in [0.1, 0.15) is 11.6 Å². The number of benzene rings is 2. The Hall–Kier alpha value is -3.84. The molecule has 14 heteroatoms. The van der Waals surface area contributed by atoms with Crippen LogP contribution in [-0.2, 0) is 9.53 Å². The van der Waals surface area contributed by atoms with Crippen molar-refractivity contribution >= 4 is 24.3 Å². The van der Waals surface area contributed by atoms with Crippen LogP contribution in [0.3, 0.4) is 0 Å². The van der Waals surface area contributed by atoms with E-state index in [2.05, 4.69) is 15.0 Å². The molecule has 2 atom stereocenters. The summed E-state index contributed by atoms with van der Waals surface area (Å²) in [4.78, 5) is 30.1. The predicted octanol–water partition coefficient (Wildman–Crippen LogP) is 5.49. The van der Waals surface area contributed by atoms with Gasteiger partial charge in [-0.2, -0.15) is 8.78 Å². The summed E-state index contributed by atoms with van der Waals surface area (Å²) >= 11 is 0. The number of esters is 1. The van der Waals surface area contributed by atoms with Gasteiger partial charge in [0, 0.05) is 17.2 Å². The minimum Gasteiger partial charge on any atom is -0.489 e. The molecule has 222 valence electrons. The number of amides is 1. The number of alkyl halides is 2. The van der Waals surface area contributed by atoms with Crippen LogP contribution in [-0.4, -0.2) is 36.7 Å². The van der Waals surface area contributed by atoms with Gasteiger partial charge < -0.3 is 29.7 Å². The van der Waals surface area contributed by atoms with Crippen molar-refractivity contribution in [1.29, 1.82) is 0 Å². The first-order valence-electron chi connectivity index (χ1n) is 12.5. The third-order valence-corrected chi connectivity index (χ3v) is 5.93. The van der Waals surface area contributed by atoms with E-state index in [9.17, 15) is 27.2 Å². The minimum atomic E-state index is -3.07. The van der Waals surface area contributed by atoms with E-state index in [-0.39, 0.29) is 59.0 Å². The Morgan fingerprint density at radius 3 is 2.49 bits per heavy atom. The van der Waals surface area contributed by atoms with Crippen LogP contribution in [0.25, 0.3) is 11.5 Å². The van der Waals surface area contributed by atoms with Crippen LogP contribution in [0.15, 0.2) is 40.8 Å². The smallest absolute Gasteiger partial charge is 0.387 e. The van der Waals surface area contributed by atoms with Gasteiger partial charge in [-0.25, -0.2) is 18.6 Å². The van der Waals surface area contributed by atoms with Crippen LogP contribution < -0.4 is 20.5 Å². The normalized spacial score (nSPS) is 14.1. The zero-order chi connectivity index (χ0) is 29.0. The molecule has 3 aromatic rings. The monoisotopic (exact) mass is 601 g/mol. The number of carbonyl (C=O) groups excluding carboxylic acids is 2. The molecule has 0 spiro atoms. The summed E-state index contributed by atoms with van der Waals surface area (Å²) in [7, 11) is 0. The lowest BCUT2D eigenvalue weighted by molar-refractivity contribution is -0.145. The van der Waals surface area contributed by atoms with Crippen LogP contribution in [0.4, 0.5) is 17.6 Å². The van der Waals surface area contributed by atoms with Crippen LogP contribution in [0.5, 0.6) is 11.5 Å². The summed E-state index contributed by atoms with van der Waals surface area (Å²) in [5.74, 6) is -3.88. The van der Waals surface area contributed by atoms with Crippen molar-refractivity contribution in [3.63, 3.8) is 0 Å². The number of oxazole rings is 1. The van der Waals surface area contributed by atoms with Gasteiger partial charge in [-0.15, -0.1) is 12.4 Å². The van der Waals surface area contributed by atoms with Crippen molar-refractivity contribution in [3.05, 3.63) is 65.1 Å². The fourth-order valence-electron chi connectivity index (χ4n) is 3.79. The topological polar surface area (TPSA) is 126 Å². The fraction of sp³-hybridized carbons (Fsp3) is 0.370. The van der Waals surface area contributed by atoms with E-state index in [1.54, 1.807) is 0 Å². The lowest BCUT2D eigenvalue weighted by atomic mass is 10.1. The highest BCUT2D eigenvalue weighted by molar-refractivity contribution is 5.97. The van der Waals surface area contributed by atoms with Gasteiger partial charge in [0.25, 0.3) is 5.91 Å². The third kappa shape index (κ3) is 7.88. The molecular weight excluding hydrogens is 574 g/mol. The van der Waals surface area contributed by atoms with Crippen molar-refractivity contribution in [2.45, 2.75) is 45.4 Å². The second kappa shape index (κ2) is 13.7. The molecule has 1 aliphatic rings. The van der Waals surface area contributed by atoms with Crippen molar-refractivity contribution in [3.8, 4) is 23.0 Å². The molecule has 0 aliphatic heterocycles. The lowest BCUT2D eigenvalue weighted by Gasteiger charge is -2.18. The average molecular weight is 602 g/mol. The highest BCUT2D eigenvalue weighted by atomic mass is 35.5. The predicted molar refractivity (Wildman–Crippen MR) is 140 cm³/mol. The second-order valence-electron chi connectivity index (χ2n) is 9.14. The first-order chi connectivity index (χ1) is 19.1. The average Bonchev–Trinajstić information content (AvgIpc) is 3.61. The molecule has 4 rings (SSSR count). The zero-order valence-electron chi connectivity index (χ0n) is 22.0. The molecule has 3 N–H and O–H groups in total. The van der Waals surface area contributed by atoms with Gasteiger partial charge in [0.2, 0.25) is 5.89 Å².